The highest BCUT2D eigenvalue weighted by atomic mass is 28.4. The van der Waals surface area contributed by atoms with E-state index in [-0.39, 0.29) is 11.7 Å². The summed E-state index contributed by atoms with van der Waals surface area (Å²) in [5.74, 6) is -1.64. The van der Waals surface area contributed by atoms with Crippen LogP contribution in [0.15, 0.2) is 103 Å². The summed E-state index contributed by atoms with van der Waals surface area (Å²) in [5, 5.41) is 7.53. The zero-order chi connectivity index (χ0) is 33.2. The van der Waals surface area contributed by atoms with E-state index in [1.165, 1.54) is 19.6 Å². The number of carbonyl (C=O) groups is 3. The molecule has 3 atom stereocenters. The second-order valence-corrected chi connectivity index (χ2v) is 16.9. The third-order valence-electron chi connectivity index (χ3n) is 8.28. The highest BCUT2D eigenvalue weighted by Gasteiger charge is 2.54. The quantitative estimate of drug-likeness (QED) is 0.163. The van der Waals surface area contributed by atoms with Crippen molar-refractivity contribution in [2.45, 2.75) is 76.7 Å². The molecule has 0 aliphatic carbocycles. The van der Waals surface area contributed by atoms with Gasteiger partial charge in [-0.3, -0.25) is 9.59 Å². The Balaban J connectivity index is 1.64. The molecule has 2 N–H and O–H groups in total. The zero-order valence-corrected chi connectivity index (χ0v) is 28.5. The summed E-state index contributed by atoms with van der Waals surface area (Å²) in [6.45, 7) is 8.23. The second-order valence-electron chi connectivity index (χ2n) is 12.6. The van der Waals surface area contributed by atoms with Crippen molar-refractivity contribution >= 4 is 36.5 Å². The predicted octanol–water partition coefficient (Wildman–Crippen LogP) is 4.42. The Bertz CT molecular complexity index is 1430. The first kappa shape index (κ1) is 34.7. The van der Waals surface area contributed by atoms with E-state index >= 15 is 0 Å². The smallest absolute Gasteiger partial charge is 0.373 e. The van der Waals surface area contributed by atoms with Crippen molar-refractivity contribution in [2.75, 3.05) is 13.7 Å². The Labute approximate surface area is 273 Å². The number of rotatable bonds is 13. The fourth-order valence-corrected chi connectivity index (χ4v) is 10.7. The molecule has 0 bridgehead atoms. The number of amides is 2. The largest absolute Gasteiger partial charge is 0.471 e. The van der Waals surface area contributed by atoms with Crippen LogP contribution in [0.4, 0.5) is 0 Å². The molecule has 2 amide bonds. The maximum absolute atomic E-state index is 13.7. The van der Waals surface area contributed by atoms with Crippen LogP contribution in [-0.4, -0.2) is 58.0 Å². The van der Waals surface area contributed by atoms with Crippen LogP contribution in [0.2, 0.25) is 5.04 Å². The van der Waals surface area contributed by atoms with Gasteiger partial charge < -0.3 is 24.5 Å². The van der Waals surface area contributed by atoms with E-state index in [2.05, 4.69) is 67.8 Å². The van der Waals surface area contributed by atoms with Crippen LogP contribution >= 0.6 is 0 Å². The van der Waals surface area contributed by atoms with Gasteiger partial charge in [0, 0.05) is 13.5 Å². The number of hydrogen-bond donors (Lipinski definition) is 2. The summed E-state index contributed by atoms with van der Waals surface area (Å²) in [6, 6.07) is 29.5. The Hall–Kier alpha value is -4.21. The van der Waals surface area contributed by atoms with Gasteiger partial charge in [-0.05, 0) is 46.3 Å². The van der Waals surface area contributed by atoms with E-state index in [1.54, 1.807) is 6.08 Å². The van der Waals surface area contributed by atoms with E-state index < -0.39 is 43.5 Å². The number of carbonyl (C=O) groups excluding carboxylic acids is 3. The number of methoxy groups -OCH3 is 1. The van der Waals surface area contributed by atoms with Gasteiger partial charge in [-0.1, -0.05) is 118 Å². The lowest BCUT2D eigenvalue weighted by Gasteiger charge is -2.47. The SMILES string of the molecule is COC(=O)C1=C[C@@H](O[Si](c2ccccc2)(c2ccccc2)C(C)(C)C)[C@@H](NC(C)=O)[C@H](C(=O)NCCCCCc2ccccc2)O1. The van der Waals surface area contributed by atoms with Crippen molar-refractivity contribution in [1.82, 2.24) is 10.6 Å². The van der Waals surface area contributed by atoms with E-state index in [9.17, 15) is 14.4 Å². The van der Waals surface area contributed by atoms with Crippen LogP contribution in [0.25, 0.3) is 0 Å². The molecule has 1 aliphatic heterocycles. The first-order valence-corrected chi connectivity index (χ1v) is 17.8. The summed E-state index contributed by atoms with van der Waals surface area (Å²) in [4.78, 5) is 39.2. The average molecular weight is 643 g/mol. The van der Waals surface area contributed by atoms with Crippen molar-refractivity contribution in [2.24, 2.45) is 0 Å². The molecule has 0 saturated heterocycles. The molecule has 3 aromatic rings. The lowest BCUT2D eigenvalue weighted by molar-refractivity contribution is -0.147. The van der Waals surface area contributed by atoms with Gasteiger partial charge in [0.05, 0.1) is 13.2 Å². The van der Waals surface area contributed by atoms with Gasteiger partial charge in [-0.15, -0.1) is 0 Å². The molecule has 4 rings (SSSR count). The molecular weight excluding hydrogens is 597 g/mol. The van der Waals surface area contributed by atoms with Crippen molar-refractivity contribution in [3.05, 3.63) is 108 Å². The molecule has 1 heterocycles. The van der Waals surface area contributed by atoms with E-state index in [4.69, 9.17) is 13.9 Å². The van der Waals surface area contributed by atoms with Crippen LogP contribution < -0.4 is 21.0 Å². The maximum atomic E-state index is 13.7. The van der Waals surface area contributed by atoms with Crippen LogP contribution in [0.3, 0.4) is 0 Å². The lowest BCUT2D eigenvalue weighted by Crippen LogP contribution is -2.70. The Kier molecular flexibility index (Phi) is 12.0. The third-order valence-corrected chi connectivity index (χ3v) is 13.3. The molecule has 3 aromatic carbocycles. The summed E-state index contributed by atoms with van der Waals surface area (Å²) in [5.41, 5.74) is 1.29. The second kappa shape index (κ2) is 15.9. The van der Waals surface area contributed by atoms with Gasteiger partial charge in [0.15, 0.2) is 6.10 Å². The molecule has 46 heavy (non-hydrogen) atoms. The summed E-state index contributed by atoms with van der Waals surface area (Å²) in [6.07, 6.45) is 3.10. The van der Waals surface area contributed by atoms with E-state index in [1.807, 2.05) is 54.6 Å². The zero-order valence-electron chi connectivity index (χ0n) is 27.5. The molecule has 0 aromatic heterocycles. The summed E-state index contributed by atoms with van der Waals surface area (Å²) < 4.78 is 18.3. The molecular formula is C37H46N2O6Si. The van der Waals surface area contributed by atoms with Crippen LogP contribution in [0, 0.1) is 0 Å². The molecule has 0 spiro atoms. The average Bonchev–Trinajstić information content (AvgIpc) is 3.05. The fraction of sp³-hybridized carbons (Fsp3) is 0.378. The number of benzene rings is 3. The molecule has 0 fully saturated rings. The monoisotopic (exact) mass is 642 g/mol. The number of ether oxygens (including phenoxy) is 2. The summed E-state index contributed by atoms with van der Waals surface area (Å²) >= 11 is 0. The van der Waals surface area contributed by atoms with Gasteiger partial charge in [0.25, 0.3) is 14.2 Å². The third kappa shape index (κ3) is 8.33. The topological polar surface area (TPSA) is 103 Å². The Morgan fingerprint density at radius 3 is 1.91 bits per heavy atom. The first-order chi connectivity index (χ1) is 22.1. The van der Waals surface area contributed by atoms with E-state index in [0.29, 0.717) is 6.54 Å². The van der Waals surface area contributed by atoms with E-state index in [0.717, 1.165) is 36.1 Å². The number of unbranched alkanes of at least 4 members (excludes halogenated alkanes) is 2. The fourth-order valence-electron chi connectivity index (χ4n) is 6.09. The van der Waals surface area contributed by atoms with Gasteiger partial charge >= 0.3 is 5.97 Å². The molecule has 0 saturated carbocycles. The molecule has 8 nitrogen and oxygen atoms in total. The molecule has 244 valence electrons. The molecule has 0 radical (unpaired) electrons. The van der Waals surface area contributed by atoms with Gasteiger partial charge in [-0.25, -0.2) is 4.79 Å². The molecule has 1 aliphatic rings. The van der Waals surface area contributed by atoms with Crippen molar-refractivity contribution in [3.63, 3.8) is 0 Å². The minimum Gasteiger partial charge on any atom is -0.471 e. The van der Waals surface area contributed by atoms with Crippen LogP contribution in [-0.2, 0) is 34.7 Å². The molecule has 9 heteroatoms. The minimum atomic E-state index is -3.17. The molecule has 0 unspecified atom stereocenters. The first-order valence-electron chi connectivity index (χ1n) is 15.9. The minimum absolute atomic E-state index is 0.130. The highest BCUT2D eigenvalue weighted by Crippen LogP contribution is 2.39. The Morgan fingerprint density at radius 2 is 1.39 bits per heavy atom. The van der Waals surface area contributed by atoms with Crippen molar-refractivity contribution < 1.29 is 28.3 Å². The predicted molar refractivity (Wildman–Crippen MR) is 182 cm³/mol. The van der Waals surface area contributed by atoms with Gasteiger partial charge in [0.1, 0.15) is 6.04 Å². The summed E-state index contributed by atoms with van der Waals surface area (Å²) in [7, 11) is -1.91. The Morgan fingerprint density at radius 1 is 0.826 bits per heavy atom. The van der Waals surface area contributed by atoms with Gasteiger partial charge in [0.2, 0.25) is 11.7 Å². The van der Waals surface area contributed by atoms with Crippen LogP contribution in [0.1, 0.15) is 52.5 Å². The van der Waals surface area contributed by atoms with Gasteiger partial charge in [-0.2, -0.15) is 0 Å². The number of hydrogen-bond acceptors (Lipinski definition) is 6. The number of esters is 1. The van der Waals surface area contributed by atoms with Crippen molar-refractivity contribution in [1.29, 1.82) is 0 Å². The maximum Gasteiger partial charge on any atom is 0.373 e. The lowest BCUT2D eigenvalue weighted by atomic mass is 9.99. The standard InChI is InChI=1S/C37H46N2O6Si/c1-27(40)39-33-31(45-46(37(2,3)4,29-21-13-7-14-22-29)30-23-15-8-16-24-30)26-32(36(42)43-5)44-34(33)35(41)38-25-17-9-12-20-28-18-10-6-11-19-28/h6-8,10-11,13-16,18-19,21-24,26,31,33-34H,9,12,17,20,25H2,1-5H3,(H,38,41)(H,39,40)/t31-,33-,34-/m1/s1. The number of nitrogens with one attached hydrogen (secondary N) is 2. The number of aryl methyl sites for hydroxylation is 1. The highest BCUT2D eigenvalue weighted by molar-refractivity contribution is 6.99. The van der Waals surface area contributed by atoms with Crippen LogP contribution in [0.5, 0.6) is 0 Å². The normalized spacial score (nSPS) is 18.1. The van der Waals surface area contributed by atoms with Crippen molar-refractivity contribution in [3.8, 4) is 0 Å².